The van der Waals surface area contributed by atoms with E-state index in [0.717, 1.165) is 51.4 Å². The minimum Gasteiger partial charge on any atom is -0.444 e. The van der Waals surface area contributed by atoms with Gasteiger partial charge in [0.2, 0.25) is 0 Å². The minimum absolute atomic E-state index is 0.189. The third-order valence-corrected chi connectivity index (χ3v) is 5.19. The lowest BCUT2D eigenvalue weighted by Gasteiger charge is -2.34. The molecule has 2 heterocycles. The number of thiophene rings is 1. The molecule has 0 aromatic carbocycles. The van der Waals surface area contributed by atoms with Crippen LogP contribution in [0, 0.1) is 5.92 Å². The molecule has 0 radical (unpaired) electrons. The standard InChI is InChI=1S/C20H34N4O2S/c1-5-21-18(23-14-17-9-7-13-27-17)22-11-10-16-8-6-12-24(15-16)19(25)26-20(2,3)4/h7,9,13,16H,5-6,8,10-12,14-15H2,1-4H3,(H2,21,22,23). The number of nitrogens with zero attached hydrogens (tertiary/aromatic N) is 2. The molecule has 2 rings (SSSR count). The monoisotopic (exact) mass is 394 g/mol. The van der Waals surface area contributed by atoms with Crippen LogP contribution in [-0.2, 0) is 11.3 Å². The second kappa shape index (κ2) is 10.5. The van der Waals surface area contributed by atoms with E-state index in [0.29, 0.717) is 12.5 Å². The zero-order valence-electron chi connectivity index (χ0n) is 17.1. The number of ether oxygens (including phenoxy) is 1. The van der Waals surface area contributed by atoms with E-state index in [-0.39, 0.29) is 6.09 Å². The number of carbonyl (C=O) groups excluding carboxylic acids is 1. The zero-order valence-corrected chi connectivity index (χ0v) is 17.9. The zero-order chi connectivity index (χ0) is 19.7. The van der Waals surface area contributed by atoms with Crippen LogP contribution in [0.5, 0.6) is 0 Å². The summed E-state index contributed by atoms with van der Waals surface area (Å²) < 4.78 is 5.51. The molecule has 1 aromatic heterocycles. The maximum Gasteiger partial charge on any atom is 0.410 e. The summed E-state index contributed by atoms with van der Waals surface area (Å²) in [6.07, 6.45) is 3.02. The van der Waals surface area contributed by atoms with Crippen LogP contribution in [0.1, 0.15) is 51.8 Å². The Hall–Kier alpha value is -1.76. The lowest BCUT2D eigenvalue weighted by atomic mass is 9.95. The first kappa shape index (κ1) is 21.5. The number of likely N-dealkylation sites (tertiary alicyclic amines) is 1. The lowest BCUT2D eigenvalue weighted by molar-refractivity contribution is 0.0162. The fourth-order valence-corrected chi connectivity index (χ4v) is 3.72. The number of guanidine groups is 1. The molecule has 0 bridgehead atoms. The SMILES string of the molecule is CCNC(=NCc1cccs1)NCCC1CCCN(C(=O)OC(C)(C)C)C1. The molecule has 1 unspecified atom stereocenters. The molecule has 1 atom stereocenters. The summed E-state index contributed by atoms with van der Waals surface area (Å²) in [5.74, 6) is 1.35. The van der Waals surface area contributed by atoms with Gasteiger partial charge in [0.1, 0.15) is 5.60 Å². The van der Waals surface area contributed by atoms with Crippen LogP contribution in [0.3, 0.4) is 0 Å². The molecular weight excluding hydrogens is 360 g/mol. The Labute approximate surface area is 167 Å². The van der Waals surface area contributed by atoms with E-state index in [1.807, 2.05) is 25.7 Å². The van der Waals surface area contributed by atoms with Crippen LogP contribution in [0.15, 0.2) is 22.5 Å². The van der Waals surface area contributed by atoms with Crippen LogP contribution in [0.4, 0.5) is 4.79 Å². The Bertz CT molecular complexity index is 596. The van der Waals surface area contributed by atoms with E-state index in [2.05, 4.69) is 40.1 Å². The van der Waals surface area contributed by atoms with Crippen LogP contribution in [0.2, 0.25) is 0 Å². The molecular formula is C20H34N4O2S. The van der Waals surface area contributed by atoms with Crippen LogP contribution in [-0.4, -0.2) is 48.7 Å². The second-order valence-corrected chi connectivity index (χ2v) is 8.96. The first-order valence-electron chi connectivity index (χ1n) is 9.90. The molecule has 1 fully saturated rings. The van der Waals surface area contributed by atoms with Gasteiger partial charge in [-0.1, -0.05) is 6.07 Å². The number of amides is 1. The summed E-state index contributed by atoms with van der Waals surface area (Å²) >= 11 is 1.72. The molecule has 1 amide bonds. The van der Waals surface area contributed by atoms with Crippen LogP contribution >= 0.6 is 11.3 Å². The van der Waals surface area contributed by atoms with E-state index >= 15 is 0 Å². The van der Waals surface area contributed by atoms with Crippen molar-refractivity contribution < 1.29 is 9.53 Å². The number of hydrogen-bond donors (Lipinski definition) is 2. The van der Waals surface area contributed by atoms with E-state index < -0.39 is 5.60 Å². The van der Waals surface area contributed by atoms with Crippen LogP contribution < -0.4 is 10.6 Å². The topological polar surface area (TPSA) is 66.0 Å². The largest absolute Gasteiger partial charge is 0.444 e. The highest BCUT2D eigenvalue weighted by Crippen LogP contribution is 2.21. The van der Waals surface area contributed by atoms with Gasteiger partial charge in [-0.25, -0.2) is 9.79 Å². The fourth-order valence-electron chi connectivity index (χ4n) is 3.09. The minimum atomic E-state index is -0.439. The number of aliphatic imine (C=N–C) groups is 1. The van der Waals surface area contributed by atoms with E-state index in [1.54, 1.807) is 11.3 Å². The molecule has 1 saturated heterocycles. The average Bonchev–Trinajstić information content (AvgIpc) is 3.12. The lowest BCUT2D eigenvalue weighted by Crippen LogP contribution is -2.44. The number of hydrogen-bond acceptors (Lipinski definition) is 4. The molecule has 27 heavy (non-hydrogen) atoms. The van der Waals surface area contributed by atoms with Crippen molar-refractivity contribution in [1.29, 1.82) is 0 Å². The molecule has 6 nitrogen and oxygen atoms in total. The maximum absolute atomic E-state index is 12.3. The quantitative estimate of drug-likeness (QED) is 0.568. The molecule has 0 saturated carbocycles. The van der Waals surface area contributed by atoms with Gasteiger partial charge in [0.15, 0.2) is 5.96 Å². The van der Waals surface area contributed by atoms with Gasteiger partial charge in [0, 0.05) is 31.1 Å². The van der Waals surface area contributed by atoms with Gasteiger partial charge in [-0.2, -0.15) is 0 Å². The molecule has 0 aliphatic carbocycles. The van der Waals surface area contributed by atoms with E-state index in [1.165, 1.54) is 4.88 Å². The Morgan fingerprint density at radius 1 is 1.41 bits per heavy atom. The van der Waals surface area contributed by atoms with Crippen LogP contribution in [0.25, 0.3) is 0 Å². The summed E-state index contributed by atoms with van der Waals surface area (Å²) in [6.45, 7) is 11.8. The van der Waals surface area contributed by atoms with Crippen molar-refractivity contribution in [2.45, 2.75) is 59.1 Å². The molecule has 0 spiro atoms. The molecule has 1 aliphatic heterocycles. The Morgan fingerprint density at radius 2 is 2.22 bits per heavy atom. The third-order valence-electron chi connectivity index (χ3n) is 4.33. The third kappa shape index (κ3) is 8.20. The summed E-state index contributed by atoms with van der Waals surface area (Å²) in [5, 5.41) is 8.79. The number of carbonyl (C=O) groups is 1. The maximum atomic E-state index is 12.3. The van der Waals surface area contributed by atoms with Gasteiger partial charge >= 0.3 is 6.09 Å². The summed E-state index contributed by atoms with van der Waals surface area (Å²) in [5.41, 5.74) is -0.439. The Kier molecular flexibility index (Phi) is 8.41. The highest BCUT2D eigenvalue weighted by molar-refractivity contribution is 7.09. The Morgan fingerprint density at radius 3 is 2.89 bits per heavy atom. The Balaban J connectivity index is 1.77. The van der Waals surface area contributed by atoms with Crippen molar-refractivity contribution in [3.63, 3.8) is 0 Å². The molecule has 1 aliphatic rings. The van der Waals surface area contributed by atoms with Crippen molar-refractivity contribution in [2.24, 2.45) is 10.9 Å². The van der Waals surface area contributed by atoms with Crippen molar-refractivity contribution in [2.75, 3.05) is 26.2 Å². The highest BCUT2D eigenvalue weighted by Gasteiger charge is 2.27. The fraction of sp³-hybridized carbons (Fsp3) is 0.700. The number of nitrogens with one attached hydrogen (secondary N) is 2. The summed E-state index contributed by atoms with van der Waals surface area (Å²) in [7, 11) is 0. The summed E-state index contributed by atoms with van der Waals surface area (Å²) in [4.78, 5) is 20.0. The van der Waals surface area contributed by atoms with Crippen molar-refractivity contribution in [1.82, 2.24) is 15.5 Å². The predicted molar refractivity (Wildman–Crippen MR) is 112 cm³/mol. The number of rotatable bonds is 6. The van der Waals surface area contributed by atoms with Gasteiger partial charge < -0.3 is 20.3 Å². The normalized spacial score (nSPS) is 18.3. The van der Waals surface area contributed by atoms with Gasteiger partial charge in [-0.3, -0.25) is 0 Å². The van der Waals surface area contributed by atoms with Gasteiger partial charge in [-0.05, 0) is 64.3 Å². The van der Waals surface area contributed by atoms with Crippen molar-refractivity contribution in [3.05, 3.63) is 22.4 Å². The van der Waals surface area contributed by atoms with Gasteiger partial charge in [0.25, 0.3) is 0 Å². The highest BCUT2D eigenvalue weighted by atomic mass is 32.1. The van der Waals surface area contributed by atoms with Gasteiger partial charge in [0.05, 0.1) is 6.54 Å². The molecule has 152 valence electrons. The first-order chi connectivity index (χ1) is 12.9. The average molecular weight is 395 g/mol. The van der Waals surface area contributed by atoms with Crippen molar-refractivity contribution >= 4 is 23.4 Å². The second-order valence-electron chi connectivity index (χ2n) is 7.92. The first-order valence-corrected chi connectivity index (χ1v) is 10.8. The number of piperidine rings is 1. The van der Waals surface area contributed by atoms with Gasteiger partial charge in [-0.15, -0.1) is 11.3 Å². The molecule has 7 heteroatoms. The van der Waals surface area contributed by atoms with E-state index in [9.17, 15) is 4.79 Å². The summed E-state index contributed by atoms with van der Waals surface area (Å²) in [6, 6.07) is 4.15. The predicted octanol–water partition coefficient (Wildman–Crippen LogP) is 3.84. The van der Waals surface area contributed by atoms with E-state index in [4.69, 9.17) is 4.74 Å². The smallest absolute Gasteiger partial charge is 0.410 e. The molecule has 1 aromatic rings. The molecule has 2 N–H and O–H groups in total. The van der Waals surface area contributed by atoms with Crippen molar-refractivity contribution in [3.8, 4) is 0 Å².